The molecule has 6 nitrogen and oxygen atoms in total. The molecule has 0 spiro atoms. The van der Waals surface area contributed by atoms with Gasteiger partial charge in [-0.25, -0.2) is 0 Å². The van der Waals surface area contributed by atoms with Crippen LogP contribution in [0.4, 0.5) is 11.4 Å². The summed E-state index contributed by atoms with van der Waals surface area (Å²) in [5.74, 6) is -0.328. The maximum absolute atomic E-state index is 12.0. The van der Waals surface area contributed by atoms with Crippen LogP contribution < -0.4 is 10.9 Å². The second-order valence-corrected chi connectivity index (χ2v) is 5.52. The molecule has 0 fully saturated rings. The molecule has 2 rings (SSSR count). The van der Waals surface area contributed by atoms with Gasteiger partial charge in [0.2, 0.25) is 0 Å². The van der Waals surface area contributed by atoms with Gasteiger partial charge in [0.25, 0.3) is 11.6 Å². The zero-order chi connectivity index (χ0) is 16.1. The number of carbonyl (C=O) groups is 1. The molecule has 0 aliphatic carbocycles. The monoisotopic (exact) mass is 337 g/mol. The van der Waals surface area contributed by atoms with Gasteiger partial charge in [0.15, 0.2) is 0 Å². The predicted octanol–water partition coefficient (Wildman–Crippen LogP) is 3.73. The Hall–Kier alpha value is -2.25. The molecule has 1 amide bonds. The lowest BCUT2D eigenvalue weighted by Gasteiger charge is -2.10. The standard InChI is InChI=1S/C14H12ClN3O3S/c1-22-11-4-2-3-9(7-11)14(19)17-16-13-6-5-10(18(20)21)8-12(13)15/h2-8,16H,1H3,(H,17,19). The molecule has 114 valence electrons. The second-order valence-electron chi connectivity index (χ2n) is 4.23. The first-order chi connectivity index (χ1) is 10.5. The van der Waals surface area contributed by atoms with Crippen LogP contribution in [0.5, 0.6) is 0 Å². The van der Waals surface area contributed by atoms with E-state index in [1.54, 1.807) is 18.2 Å². The van der Waals surface area contributed by atoms with Gasteiger partial charge in [0.1, 0.15) is 0 Å². The fourth-order valence-corrected chi connectivity index (χ4v) is 2.36. The van der Waals surface area contributed by atoms with E-state index >= 15 is 0 Å². The number of nitro benzene ring substituents is 1. The maximum Gasteiger partial charge on any atom is 0.271 e. The Balaban J connectivity index is 2.06. The Morgan fingerprint density at radius 3 is 2.68 bits per heavy atom. The lowest BCUT2D eigenvalue weighted by molar-refractivity contribution is -0.384. The third kappa shape index (κ3) is 3.90. The number of benzene rings is 2. The van der Waals surface area contributed by atoms with Gasteiger partial charge in [0.05, 0.1) is 15.6 Å². The normalized spacial score (nSPS) is 10.1. The van der Waals surface area contributed by atoms with E-state index in [4.69, 9.17) is 11.6 Å². The predicted molar refractivity (Wildman–Crippen MR) is 87.4 cm³/mol. The van der Waals surface area contributed by atoms with Crippen molar-refractivity contribution < 1.29 is 9.72 Å². The summed E-state index contributed by atoms with van der Waals surface area (Å²) in [5.41, 5.74) is 5.92. The van der Waals surface area contributed by atoms with E-state index in [0.717, 1.165) is 4.90 Å². The zero-order valence-corrected chi connectivity index (χ0v) is 13.1. The summed E-state index contributed by atoms with van der Waals surface area (Å²) in [5, 5.41) is 10.8. The quantitative estimate of drug-likeness (QED) is 0.493. The van der Waals surface area contributed by atoms with Crippen LogP contribution in [0, 0.1) is 10.1 Å². The molecular weight excluding hydrogens is 326 g/mol. The van der Waals surface area contributed by atoms with Crippen LogP contribution in [0.25, 0.3) is 0 Å². The number of hydrazine groups is 1. The van der Waals surface area contributed by atoms with Crippen LogP contribution in [0.15, 0.2) is 47.4 Å². The molecule has 2 aromatic carbocycles. The average Bonchev–Trinajstić information content (AvgIpc) is 2.53. The fraction of sp³-hybridized carbons (Fsp3) is 0.0714. The number of anilines is 1. The van der Waals surface area contributed by atoms with Gasteiger partial charge in [-0.05, 0) is 30.5 Å². The molecule has 0 heterocycles. The summed E-state index contributed by atoms with van der Waals surface area (Å²) >= 11 is 7.47. The van der Waals surface area contributed by atoms with Gasteiger partial charge in [-0.1, -0.05) is 17.7 Å². The van der Waals surface area contributed by atoms with Crippen LogP contribution in [0.2, 0.25) is 5.02 Å². The number of thioether (sulfide) groups is 1. The SMILES string of the molecule is CSc1cccc(C(=O)NNc2ccc([N+](=O)[O-])cc2Cl)c1. The van der Waals surface area contributed by atoms with Crippen molar-refractivity contribution in [3.05, 3.63) is 63.2 Å². The molecule has 2 N–H and O–H groups in total. The highest BCUT2D eigenvalue weighted by Crippen LogP contribution is 2.26. The van der Waals surface area contributed by atoms with Crippen LogP contribution in [-0.4, -0.2) is 17.1 Å². The molecule has 0 radical (unpaired) electrons. The van der Waals surface area contributed by atoms with Crippen molar-refractivity contribution in [1.82, 2.24) is 5.43 Å². The Kier molecular flexibility index (Phi) is 5.24. The summed E-state index contributed by atoms with van der Waals surface area (Å²) in [6.07, 6.45) is 1.92. The first kappa shape index (κ1) is 16.1. The lowest BCUT2D eigenvalue weighted by Crippen LogP contribution is -2.29. The number of nitro groups is 1. The third-order valence-corrected chi connectivity index (χ3v) is 3.84. The molecule has 0 aliphatic heterocycles. The van der Waals surface area contributed by atoms with E-state index in [9.17, 15) is 14.9 Å². The van der Waals surface area contributed by atoms with Crippen LogP contribution >= 0.6 is 23.4 Å². The molecular formula is C14H12ClN3O3S. The Bertz CT molecular complexity index is 724. The van der Waals surface area contributed by atoms with Crippen molar-refractivity contribution in [3.8, 4) is 0 Å². The van der Waals surface area contributed by atoms with Crippen LogP contribution in [-0.2, 0) is 0 Å². The molecule has 8 heteroatoms. The van der Waals surface area contributed by atoms with Gasteiger partial charge >= 0.3 is 0 Å². The number of nitrogens with one attached hydrogen (secondary N) is 2. The number of halogens is 1. The van der Waals surface area contributed by atoms with Crippen LogP contribution in [0.1, 0.15) is 10.4 Å². The molecule has 0 aromatic heterocycles. The lowest BCUT2D eigenvalue weighted by atomic mass is 10.2. The van der Waals surface area contributed by atoms with Crippen molar-refractivity contribution in [3.63, 3.8) is 0 Å². The van der Waals surface area contributed by atoms with Crippen molar-refractivity contribution in [2.45, 2.75) is 4.90 Å². The zero-order valence-electron chi connectivity index (χ0n) is 11.5. The van der Waals surface area contributed by atoms with E-state index in [1.807, 2.05) is 12.3 Å². The van der Waals surface area contributed by atoms with Gasteiger partial charge in [-0.2, -0.15) is 0 Å². The summed E-state index contributed by atoms with van der Waals surface area (Å²) in [6.45, 7) is 0. The number of non-ortho nitro benzene ring substituents is 1. The van der Waals surface area contributed by atoms with E-state index in [-0.39, 0.29) is 16.6 Å². The van der Waals surface area contributed by atoms with Gasteiger partial charge in [-0.3, -0.25) is 25.8 Å². The van der Waals surface area contributed by atoms with Crippen molar-refractivity contribution in [1.29, 1.82) is 0 Å². The van der Waals surface area contributed by atoms with Crippen molar-refractivity contribution >= 4 is 40.6 Å². The second kappa shape index (κ2) is 7.15. The van der Waals surface area contributed by atoms with E-state index < -0.39 is 4.92 Å². The topological polar surface area (TPSA) is 84.3 Å². The fourth-order valence-electron chi connectivity index (χ4n) is 1.68. The number of hydrogen-bond acceptors (Lipinski definition) is 5. The highest BCUT2D eigenvalue weighted by molar-refractivity contribution is 7.98. The number of amides is 1. The van der Waals surface area contributed by atoms with Gasteiger partial charge in [0, 0.05) is 22.6 Å². The molecule has 2 aromatic rings. The Morgan fingerprint density at radius 2 is 2.05 bits per heavy atom. The highest BCUT2D eigenvalue weighted by atomic mass is 35.5. The van der Waals surface area contributed by atoms with Gasteiger partial charge in [-0.15, -0.1) is 11.8 Å². The first-order valence-electron chi connectivity index (χ1n) is 6.15. The summed E-state index contributed by atoms with van der Waals surface area (Å²) in [7, 11) is 0. The minimum absolute atomic E-state index is 0.116. The number of hydrogen-bond donors (Lipinski definition) is 2. The third-order valence-electron chi connectivity index (χ3n) is 2.81. The summed E-state index contributed by atoms with van der Waals surface area (Å²) < 4.78 is 0. The number of nitrogens with zero attached hydrogens (tertiary/aromatic N) is 1. The van der Waals surface area contributed by atoms with E-state index in [1.165, 1.54) is 30.0 Å². The number of carbonyl (C=O) groups excluding carboxylic acids is 1. The first-order valence-corrected chi connectivity index (χ1v) is 7.76. The van der Waals surface area contributed by atoms with E-state index in [2.05, 4.69) is 10.9 Å². The van der Waals surface area contributed by atoms with Crippen molar-refractivity contribution in [2.24, 2.45) is 0 Å². The molecule has 0 saturated carbocycles. The smallest absolute Gasteiger partial charge is 0.271 e. The minimum atomic E-state index is -0.540. The maximum atomic E-state index is 12.0. The largest absolute Gasteiger partial charge is 0.297 e. The molecule has 22 heavy (non-hydrogen) atoms. The molecule has 0 bridgehead atoms. The van der Waals surface area contributed by atoms with Crippen LogP contribution in [0.3, 0.4) is 0 Å². The summed E-state index contributed by atoms with van der Waals surface area (Å²) in [4.78, 5) is 23.1. The van der Waals surface area contributed by atoms with Crippen molar-refractivity contribution in [2.75, 3.05) is 11.7 Å². The molecule has 0 saturated heterocycles. The summed E-state index contributed by atoms with van der Waals surface area (Å²) in [6, 6.07) is 11.1. The number of rotatable bonds is 5. The molecule has 0 atom stereocenters. The van der Waals surface area contributed by atoms with E-state index in [0.29, 0.717) is 11.3 Å². The Morgan fingerprint density at radius 1 is 1.27 bits per heavy atom. The van der Waals surface area contributed by atoms with Gasteiger partial charge < -0.3 is 0 Å². The molecule has 0 unspecified atom stereocenters. The highest BCUT2D eigenvalue weighted by Gasteiger charge is 2.11. The molecule has 0 aliphatic rings. The average molecular weight is 338 g/mol. The Labute approximate surface area is 136 Å². The minimum Gasteiger partial charge on any atom is -0.297 e.